The van der Waals surface area contributed by atoms with Gasteiger partial charge >= 0.3 is 0 Å². The first-order valence-electron chi connectivity index (χ1n) is 6.82. The number of nitrogens with zero attached hydrogens (tertiary/aromatic N) is 1. The molecule has 0 aromatic rings. The van der Waals surface area contributed by atoms with Crippen molar-refractivity contribution in [2.45, 2.75) is 63.6 Å². The maximum atomic E-state index is 10.0. The number of aliphatic hydroxyl groups is 1. The van der Waals surface area contributed by atoms with Gasteiger partial charge in [-0.2, -0.15) is 0 Å². The molecule has 2 heterocycles. The smallest absolute Gasteiger partial charge is 0.0741 e. The fourth-order valence-electron chi connectivity index (χ4n) is 2.96. The lowest BCUT2D eigenvalue weighted by Crippen LogP contribution is -2.49. The van der Waals surface area contributed by atoms with Gasteiger partial charge in [0.25, 0.3) is 0 Å². The van der Waals surface area contributed by atoms with E-state index in [0.29, 0.717) is 6.04 Å². The summed E-state index contributed by atoms with van der Waals surface area (Å²) in [4.78, 5) is 2.63. The second kappa shape index (κ2) is 5.03. The third-order valence-electron chi connectivity index (χ3n) is 4.36. The fourth-order valence-corrected chi connectivity index (χ4v) is 2.96. The maximum Gasteiger partial charge on any atom is 0.0741 e. The van der Waals surface area contributed by atoms with Gasteiger partial charge in [0.15, 0.2) is 0 Å². The molecule has 94 valence electrons. The minimum Gasteiger partial charge on any atom is -0.389 e. The van der Waals surface area contributed by atoms with Crippen molar-refractivity contribution in [2.75, 3.05) is 19.6 Å². The summed E-state index contributed by atoms with van der Waals surface area (Å²) in [5.41, 5.74) is -0.540. The number of hydrogen-bond acceptors (Lipinski definition) is 3. The molecule has 0 aromatic heterocycles. The fraction of sp³-hybridized carbons (Fsp3) is 1.00. The lowest BCUT2D eigenvalue weighted by atomic mass is 9.97. The molecule has 16 heavy (non-hydrogen) atoms. The third kappa shape index (κ3) is 2.76. The topological polar surface area (TPSA) is 35.5 Å². The van der Waals surface area contributed by atoms with Gasteiger partial charge in [0, 0.05) is 25.2 Å². The Balaban J connectivity index is 1.82. The molecule has 0 amide bonds. The van der Waals surface area contributed by atoms with Gasteiger partial charge in [0.1, 0.15) is 0 Å². The van der Waals surface area contributed by atoms with E-state index in [-0.39, 0.29) is 0 Å². The number of nitrogens with one attached hydrogen (secondary N) is 1. The first-order valence-corrected chi connectivity index (χ1v) is 6.82. The van der Waals surface area contributed by atoms with Crippen LogP contribution in [-0.4, -0.2) is 47.3 Å². The molecule has 3 unspecified atom stereocenters. The summed E-state index contributed by atoms with van der Waals surface area (Å²) in [6.07, 6.45) is 6.16. The van der Waals surface area contributed by atoms with Gasteiger partial charge in [0.2, 0.25) is 0 Å². The van der Waals surface area contributed by atoms with E-state index in [1.165, 1.54) is 38.8 Å². The van der Waals surface area contributed by atoms with Crippen LogP contribution in [0.3, 0.4) is 0 Å². The van der Waals surface area contributed by atoms with Crippen LogP contribution in [0.1, 0.15) is 46.0 Å². The zero-order valence-electron chi connectivity index (χ0n) is 10.7. The summed E-state index contributed by atoms with van der Waals surface area (Å²) >= 11 is 0. The van der Waals surface area contributed by atoms with E-state index in [1.807, 2.05) is 13.8 Å². The zero-order chi connectivity index (χ0) is 11.6. The quantitative estimate of drug-likeness (QED) is 0.760. The van der Waals surface area contributed by atoms with Crippen LogP contribution in [0.4, 0.5) is 0 Å². The van der Waals surface area contributed by atoms with Gasteiger partial charge in [0.05, 0.1) is 5.60 Å². The van der Waals surface area contributed by atoms with Crippen molar-refractivity contribution in [3.63, 3.8) is 0 Å². The van der Waals surface area contributed by atoms with Crippen LogP contribution < -0.4 is 5.32 Å². The van der Waals surface area contributed by atoms with Crippen LogP contribution in [0.15, 0.2) is 0 Å². The van der Waals surface area contributed by atoms with Gasteiger partial charge in [-0.15, -0.1) is 0 Å². The average Bonchev–Trinajstić information content (AvgIpc) is 2.70. The van der Waals surface area contributed by atoms with Crippen LogP contribution in [0.25, 0.3) is 0 Å². The highest BCUT2D eigenvalue weighted by atomic mass is 16.3. The van der Waals surface area contributed by atoms with Gasteiger partial charge in [-0.1, -0.05) is 13.3 Å². The first kappa shape index (κ1) is 12.3. The van der Waals surface area contributed by atoms with Crippen molar-refractivity contribution in [2.24, 2.45) is 0 Å². The van der Waals surface area contributed by atoms with Crippen LogP contribution in [0, 0.1) is 0 Å². The van der Waals surface area contributed by atoms with Crippen molar-refractivity contribution >= 4 is 0 Å². The third-order valence-corrected chi connectivity index (χ3v) is 4.36. The summed E-state index contributed by atoms with van der Waals surface area (Å²) in [6.45, 7) is 7.24. The van der Waals surface area contributed by atoms with E-state index in [2.05, 4.69) is 10.2 Å². The van der Waals surface area contributed by atoms with Crippen molar-refractivity contribution in [1.82, 2.24) is 10.2 Å². The number of rotatable bonds is 4. The number of fused-ring (bicyclic) bond motifs is 1. The standard InChI is InChI=1S/C13H26N2O/c1-3-13(2,16)10-14-11-7-9-15-8-5-4-6-12(11)15/h11-12,14,16H,3-10H2,1-2H3. The largest absolute Gasteiger partial charge is 0.389 e. The minimum atomic E-state index is -0.540. The van der Waals surface area contributed by atoms with Gasteiger partial charge < -0.3 is 10.4 Å². The Morgan fingerprint density at radius 3 is 2.88 bits per heavy atom. The van der Waals surface area contributed by atoms with E-state index in [4.69, 9.17) is 0 Å². The summed E-state index contributed by atoms with van der Waals surface area (Å²) in [5, 5.41) is 13.6. The highest BCUT2D eigenvalue weighted by Gasteiger charge is 2.35. The SMILES string of the molecule is CCC(C)(O)CNC1CCN2CCCCC12. The van der Waals surface area contributed by atoms with Crippen LogP contribution >= 0.6 is 0 Å². The van der Waals surface area contributed by atoms with Crippen molar-refractivity contribution in [3.8, 4) is 0 Å². The Kier molecular flexibility index (Phi) is 3.88. The van der Waals surface area contributed by atoms with Crippen molar-refractivity contribution in [3.05, 3.63) is 0 Å². The summed E-state index contributed by atoms with van der Waals surface area (Å²) in [7, 11) is 0. The summed E-state index contributed by atoms with van der Waals surface area (Å²) < 4.78 is 0. The normalized spacial score (nSPS) is 34.7. The van der Waals surface area contributed by atoms with Crippen LogP contribution in [-0.2, 0) is 0 Å². The monoisotopic (exact) mass is 226 g/mol. The predicted octanol–water partition coefficient (Wildman–Crippen LogP) is 1.36. The average molecular weight is 226 g/mol. The minimum absolute atomic E-state index is 0.540. The van der Waals surface area contributed by atoms with Gasteiger partial charge in [-0.25, -0.2) is 0 Å². The van der Waals surface area contributed by atoms with Crippen LogP contribution in [0.5, 0.6) is 0 Å². The van der Waals surface area contributed by atoms with E-state index in [0.717, 1.165) is 19.0 Å². The van der Waals surface area contributed by atoms with E-state index >= 15 is 0 Å². The molecular weight excluding hydrogens is 200 g/mol. The molecule has 3 nitrogen and oxygen atoms in total. The highest BCUT2D eigenvalue weighted by Crippen LogP contribution is 2.27. The molecule has 0 aliphatic carbocycles. The molecule has 2 saturated heterocycles. The highest BCUT2D eigenvalue weighted by molar-refractivity contribution is 4.94. The second-order valence-electron chi connectivity index (χ2n) is 5.73. The number of hydrogen-bond donors (Lipinski definition) is 2. The van der Waals surface area contributed by atoms with Crippen molar-refractivity contribution < 1.29 is 5.11 Å². The lowest BCUT2D eigenvalue weighted by Gasteiger charge is -2.34. The molecule has 3 heteroatoms. The molecule has 3 atom stereocenters. The second-order valence-corrected chi connectivity index (χ2v) is 5.73. The molecule has 2 N–H and O–H groups in total. The van der Waals surface area contributed by atoms with E-state index in [9.17, 15) is 5.11 Å². The predicted molar refractivity (Wildman–Crippen MR) is 66.5 cm³/mol. The molecule has 2 aliphatic heterocycles. The maximum absolute atomic E-state index is 10.0. The molecule has 0 saturated carbocycles. The molecule has 0 radical (unpaired) electrons. The first-order chi connectivity index (χ1) is 7.62. The molecule has 0 bridgehead atoms. The van der Waals surface area contributed by atoms with Crippen molar-refractivity contribution in [1.29, 1.82) is 0 Å². The Hall–Kier alpha value is -0.120. The summed E-state index contributed by atoms with van der Waals surface area (Å²) in [6, 6.07) is 1.35. The Bertz CT molecular complexity index is 230. The van der Waals surface area contributed by atoms with Crippen LogP contribution in [0.2, 0.25) is 0 Å². The summed E-state index contributed by atoms with van der Waals surface area (Å²) in [5.74, 6) is 0. The molecule has 0 aromatic carbocycles. The van der Waals surface area contributed by atoms with E-state index in [1.54, 1.807) is 0 Å². The molecule has 2 rings (SSSR count). The molecule has 2 aliphatic rings. The lowest BCUT2D eigenvalue weighted by molar-refractivity contribution is 0.0502. The van der Waals surface area contributed by atoms with Gasteiger partial charge in [-0.05, 0) is 39.2 Å². The van der Waals surface area contributed by atoms with Gasteiger partial charge in [-0.3, -0.25) is 4.90 Å². The Labute approximate surface area is 99.2 Å². The molecule has 0 spiro atoms. The molecular formula is C13H26N2O. The zero-order valence-corrected chi connectivity index (χ0v) is 10.7. The molecule has 2 fully saturated rings. The number of piperidine rings is 1. The Morgan fingerprint density at radius 2 is 2.12 bits per heavy atom. The van der Waals surface area contributed by atoms with E-state index < -0.39 is 5.60 Å². The Morgan fingerprint density at radius 1 is 1.31 bits per heavy atom.